The maximum absolute atomic E-state index is 12.8. The van der Waals surface area contributed by atoms with Crippen molar-refractivity contribution in [1.82, 2.24) is 9.13 Å². The second-order valence-electron chi connectivity index (χ2n) is 7.89. The van der Waals surface area contributed by atoms with E-state index in [1.165, 1.54) is 0 Å². The third-order valence-corrected chi connectivity index (χ3v) is 6.15. The van der Waals surface area contributed by atoms with Crippen molar-refractivity contribution in [3.8, 4) is 0 Å². The normalized spacial score (nSPS) is 13.7. The molecule has 1 aromatic heterocycles. The molecule has 2 amide bonds. The van der Waals surface area contributed by atoms with Crippen molar-refractivity contribution in [1.29, 1.82) is 0 Å². The minimum atomic E-state index is -0.370. The van der Waals surface area contributed by atoms with Gasteiger partial charge in [-0.1, -0.05) is 17.7 Å². The van der Waals surface area contributed by atoms with Gasteiger partial charge >= 0.3 is 11.7 Å². The van der Waals surface area contributed by atoms with Gasteiger partial charge in [0.2, 0.25) is 0 Å². The van der Waals surface area contributed by atoms with Gasteiger partial charge in [-0.25, -0.2) is 9.59 Å². The molecule has 0 aliphatic carbocycles. The molecular weight excluding hydrogens is 414 g/mol. The van der Waals surface area contributed by atoms with Crippen molar-refractivity contribution in [3.05, 3.63) is 51.4 Å². The van der Waals surface area contributed by atoms with Gasteiger partial charge in [0, 0.05) is 26.2 Å². The van der Waals surface area contributed by atoms with E-state index in [0.29, 0.717) is 29.5 Å². The van der Waals surface area contributed by atoms with Gasteiger partial charge in [0.15, 0.2) is 0 Å². The van der Waals surface area contributed by atoms with Crippen LogP contribution in [0.5, 0.6) is 0 Å². The van der Waals surface area contributed by atoms with Crippen LogP contribution in [0, 0.1) is 6.92 Å². The molecule has 2 heterocycles. The third kappa shape index (κ3) is 4.02. The van der Waals surface area contributed by atoms with Crippen molar-refractivity contribution < 1.29 is 4.79 Å². The SMILES string of the molecule is CCn1c(=O)n(CC)c2cc(N3CCCC3)c(NC(=O)Nc3ccc(C)cc3Cl)cc21. The van der Waals surface area contributed by atoms with Crippen LogP contribution in [-0.4, -0.2) is 28.3 Å². The molecule has 1 fully saturated rings. The maximum Gasteiger partial charge on any atom is 0.329 e. The average Bonchev–Trinajstić information content (AvgIpc) is 3.35. The Morgan fingerprint density at radius 1 is 0.968 bits per heavy atom. The van der Waals surface area contributed by atoms with Gasteiger partial charge in [-0.3, -0.25) is 9.13 Å². The van der Waals surface area contributed by atoms with Gasteiger partial charge in [0.05, 0.1) is 33.1 Å². The van der Waals surface area contributed by atoms with E-state index in [1.54, 1.807) is 15.2 Å². The Morgan fingerprint density at radius 3 is 2.19 bits per heavy atom. The fourth-order valence-corrected chi connectivity index (χ4v) is 4.56. The van der Waals surface area contributed by atoms with Crippen molar-refractivity contribution in [2.45, 2.75) is 46.7 Å². The summed E-state index contributed by atoms with van der Waals surface area (Å²) in [5, 5.41) is 6.32. The van der Waals surface area contributed by atoms with Crippen LogP contribution < -0.4 is 21.2 Å². The number of aryl methyl sites for hydroxylation is 3. The summed E-state index contributed by atoms with van der Waals surface area (Å²) in [6.45, 7) is 8.89. The van der Waals surface area contributed by atoms with E-state index in [1.807, 2.05) is 45.0 Å². The number of hydrogen-bond acceptors (Lipinski definition) is 3. The molecule has 7 nitrogen and oxygen atoms in total. The number of amides is 2. The number of urea groups is 1. The van der Waals surface area contributed by atoms with E-state index >= 15 is 0 Å². The first-order valence-corrected chi connectivity index (χ1v) is 11.2. The predicted molar refractivity (Wildman–Crippen MR) is 128 cm³/mol. The highest BCUT2D eigenvalue weighted by Crippen LogP contribution is 2.34. The van der Waals surface area contributed by atoms with Gasteiger partial charge in [-0.2, -0.15) is 0 Å². The van der Waals surface area contributed by atoms with Crippen LogP contribution in [0.4, 0.5) is 21.9 Å². The van der Waals surface area contributed by atoms with Crippen LogP contribution in [-0.2, 0) is 13.1 Å². The molecule has 31 heavy (non-hydrogen) atoms. The second kappa shape index (κ2) is 8.67. The Bertz CT molecular complexity index is 1190. The third-order valence-electron chi connectivity index (χ3n) is 5.84. The van der Waals surface area contributed by atoms with Gasteiger partial charge < -0.3 is 15.5 Å². The van der Waals surface area contributed by atoms with Gasteiger partial charge in [0.25, 0.3) is 0 Å². The zero-order chi connectivity index (χ0) is 22.1. The Kier molecular flexibility index (Phi) is 5.96. The van der Waals surface area contributed by atoms with E-state index < -0.39 is 0 Å². The smallest absolute Gasteiger partial charge is 0.329 e. The molecule has 164 valence electrons. The van der Waals surface area contributed by atoms with Gasteiger partial charge in [-0.15, -0.1) is 0 Å². The molecule has 4 rings (SSSR count). The number of rotatable bonds is 5. The summed E-state index contributed by atoms with van der Waals surface area (Å²) in [6.07, 6.45) is 2.22. The van der Waals surface area contributed by atoms with E-state index in [0.717, 1.165) is 48.2 Å². The summed E-state index contributed by atoms with van der Waals surface area (Å²) in [6, 6.07) is 9.08. The molecule has 1 aliphatic heterocycles. The first kappa shape index (κ1) is 21.3. The van der Waals surface area contributed by atoms with E-state index in [4.69, 9.17) is 11.6 Å². The quantitative estimate of drug-likeness (QED) is 0.582. The lowest BCUT2D eigenvalue weighted by Crippen LogP contribution is -2.24. The summed E-state index contributed by atoms with van der Waals surface area (Å²) >= 11 is 6.27. The average molecular weight is 442 g/mol. The fourth-order valence-electron chi connectivity index (χ4n) is 4.28. The molecular formula is C23H28ClN5O2. The Morgan fingerprint density at radius 2 is 1.58 bits per heavy atom. The molecule has 2 aromatic carbocycles. The van der Waals surface area contributed by atoms with Crippen molar-refractivity contribution >= 4 is 45.7 Å². The van der Waals surface area contributed by atoms with Crippen molar-refractivity contribution in [2.75, 3.05) is 28.6 Å². The molecule has 0 bridgehead atoms. The molecule has 2 N–H and O–H groups in total. The number of aromatic nitrogens is 2. The number of halogens is 1. The number of carbonyl (C=O) groups is 1. The number of carbonyl (C=O) groups excluding carboxylic acids is 1. The first-order valence-electron chi connectivity index (χ1n) is 10.8. The monoisotopic (exact) mass is 441 g/mol. The molecule has 0 radical (unpaired) electrons. The topological polar surface area (TPSA) is 71.3 Å². The predicted octanol–water partition coefficient (Wildman–Crippen LogP) is 5.05. The highest BCUT2D eigenvalue weighted by Gasteiger charge is 2.21. The number of hydrogen-bond donors (Lipinski definition) is 2. The standard InChI is InChI=1S/C23H28ClN5O2/c1-4-28-20-13-18(26-22(30)25-17-9-8-15(3)12-16(17)24)19(27-10-6-7-11-27)14-21(20)29(5-2)23(28)31/h8-9,12-14H,4-7,10-11H2,1-3H3,(H2,25,26,30). The van der Waals surface area contributed by atoms with E-state index in [-0.39, 0.29) is 11.7 Å². The van der Waals surface area contributed by atoms with Crippen LogP contribution >= 0.6 is 11.6 Å². The molecule has 1 saturated heterocycles. The zero-order valence-electron chi connectivity index (χ0n) is 18.2. The lowest BCUT2D eigenvalue weighted by molar-refractivity contribution is 0.262. The van der Waals surface area contributed by atoms with Crippen molar-refractivity contribution in [2.24, 2.45) is 0 Å². The minimum absolute atomic E-state index is 0.0274. The lowest BCUT2D eigenvalue weighted by Gasteiger charge is -2.22. The van der Waals surface area contributed by atoms with Crippen LogP contribution in [0.1, 0.15) is 32.3 Å². The number of imidazole rings is 1. The summed E-state index contributed by atoms with van der Waals surface area (Å²) in [5.74, 6) is 0. The zero-order valence-corrected chi connectivity index (χ0v) is 18.9. The summed E-state index contributed by atoms with van der Waals surface area (Å²) in [4.78, 5) is 27.9. The molecule has 0 saturated carbocycles. The second-order valence-corrected chi connectivity index (χ2v) is 8.29. The number of anilines is 3. The highest BCUT2D eigenvalue weighted by atomic mass is 35.5. The molecule has 0 spiro atoms. The lowest BCUT2D eigenvalue weighted by atomic mass is 10.2. The molecule has 0 unspecified atom stereocenters. The summed E-state index contributed by atoms with van der Waals surface area (Å²) in [7, 11) is 0. The largest absolute Gasteiger partial charge is 0.370 e. The molecule has 3 aromatic rings. The van der Waals surface area contributed by atoms with Gasteiger partial charge in [-0.05, 0) is 63.4 Å². The number of fused-ring (bicyclic) bond motifs is 1. The Balaban J connectivity index is 1.75. The first-order chi connectivity index (χ1) is 14.9. The fraction of sp³-hybridized carbons (Fsp3) is 0.391. The molecule has 0 atom stereocenters. The number of nitrogens with one attached hydrogen (secondary N) is 2. The van der Waals surface area contributed by atoms with Crippen LogP contribution in [0.3, 0.4) is 0 Å². The van der Waals surface area contributed by atoms with Crippen LogP contribution in [0.25, 0.3) is 11.0 Å². The summed E-state index contributed by atoms with van der Waals surface area (Å²) in [5.41, 5.74) is 4.88. The number of benzene rings is 2. The van der Waals surface area contributed by atoms with Crippen LogP contribution in [0.2, 0.25) is 5.02 Å². The Hall–Kier alpha value is -2.93. The minimum Gasteiger partial charge on any atom is -0.370 e. The van der Waals surface area contributed by atoms with E-state index in [9.17, 15) is 9.59 Å². The Labute approximate surface area is 186 Å². The summed E-state index contributed by atoms with van der Waals surface area (Å²) < 4.78 is 3.53. The van der Waals surface area contributed by atoms with Crippen LogP contribution in [0.15, 0.2) is 35.1 Å². The molecule has 8 heteroatoms. The van der Waals surface area contributed by atoms with Crippen molar-refractivity contribution in [3.63, 3.8) is 0 Å². The maximum atomic E-state index is 12.8. The van der Waals surface area contributed by atoms with Gasteiger partial charge in [0.1, 0.15) is 0 Å². The molecule has 1 aliphatic rings. The highest BCUT2D eigenvalue weighted by molar-refractivity contribution is 6.33. The number of nitrogens with zero attached hydrogens (tertiary/aromatic N) is 3. The van der Waals surface area contributed by atoms with E-state index in [2.05, 4.69) is 15.5 Å².